The van der Waals surface area contributed by atoms with E-state index in [9.17, 15) is 0 Å². The van der Waals surface area contributed by atoms with Crippen molar-refractivity contribution in [2.75, 3.05) is 22.9 Å². The zero-order chi connectivity index (χ0) is 32.0. The predicted octanol–water partition coefficient (Wildman–Crippen LogP) is 12.4. The Morgan fingerprint density at radius 2 is 1.45 bits per heavy atom. The molecular weight excluding hydrogens is 532 g/mol. The fourth-order valence-corrected chi connectivity index (χ4v) is 5.10. The zero-order valence-corrected chi connectivity index (χ0v) is 28.5. The van der Waals surface area contributed by atoms with E-state index in [1.165, 1.54) is 39.5 Å². The van der Waals surface area contributed by atoms with Crippen molar-refractivity contribution in [2.45, 2.75) is 80.6 Å². The Labute approximate surface area is 269 Å². The van der Waals surface area contributed by atoms with E-state index in [4.69, 9.17) is 0 Å². The molecule has 2 aromatic rings. The normalized spacial score (nSPS) is 13.7. The second kappa shape index (κ2) is 21.6. The van der Waals surface area contributed by atoms with Crippen molar-refractivity contribution in [3.05, 3.63) is 150 Å². The van der Waals surface area contributed by atoms with E-state index in [1.54, 1.807) is 0 Å². The lowest BCUT2D eigenvalue weighted by Gasteiger charge is -2.31. The summed E-state index contributed by atoms with van der Waals surface area (Å²) in [5, 5.41) is 0. The van der Waals surface area contributed by atoms with Gasteiger partial charge in [0.05, 0.1) is 0 Å². The van der Waals surface area contributed by atoms with Crippen LogP contribution in [-0.2, 0) is 0 Å². The molecule has 0 saturated carbocycles. The third-order valence-electron chi connectivity index (χ3n) is 7.64. The monoisotopic (exact) mass is 588 g/mol. The molecule has 0 aromatic heterocycles. The average Bonchev–Trinajstić information content (AvgIpc) is 3.06. The highest BCUT2D eigenvalue weighted by atomic mass is 15.2. The molecule has 234 valence electrons. The number of hydrogen-bond donors (Lipinski definition) is 0. The molecule has 0 atom stereocenters. The summed E-state index contributed by atoms with van der Waals surface area (Å²) in [6, 6.07) is 19.8. The number of para-hydroxylation sites is 1. The molecule has 0 aliphatic rings. The van der Waals surface area contributed by atoms with Gasteiger partial charge in [-0.1, -0.05) is 123 Å². The summed E-state index contributed by atoms with van der Waals surface area (Å²) in [5.74, 6) is 0. The second-order valence-electron chi connectivity index (χ2n) is 10.8. The molecule has 0 heterocycles. The Bertz CT molecular complexity index is 1330. The molecule has 44 heavy (non-hydrogen) atoms. The van der Waals surface area contributed by atoms with Crippen molar-refractivity contribution in [3.63, 3.8) is 0 Å². The Morgan fingerprint density at radius 1 is 0.727 bits per heavy atom. The average molecular weight is 589 g/mol. The molecular formula is C42H56N2. The van der Waals surface area contributed by atoms with Gasteiger partial charge < -0.3 is 9.80 Å². The number of anilines is 2. The fourth-order valence-electron chi connectivity index (χ4n) is 5.10. The molecule has 0 bridgehead atoms. The van der Waals surface area contributed by atoms with Crippen molar-refractivity contribution in [3.8, 4) is 0 Å². The van der Waals surface area contributed by atoms with E-state index < -0.39 is 0 Å². The van der Waals surface area contributed by atoms with Crippen molar-refractivity contribution in [1.82, 2.24) is 0 Å². The third kappa shape index (κ3) is 11.9. The van der Waals surface area contributed by atoms with Crippen LogP contribution in [-0.4, -0.2) is 13.1 Å². The molecule has 2 nitrogen and oxygen atoms in total. The molecule has 0 saturated heterocycles. The van der Waals surface area contributed by atoms with Gasteiger partial charge in [0.1, 0.15) is 0 Å². The van der Waals surface area contributed by atoms with Gasteiger partial charge in [0.15, 0.2) is 0 Å². The minimum absolute atomic E-state index is 0.855. The Kier molecular flexibility index (Phi) is 17.8. The summed E-state index contributed by atoms with van der Waals surface area (Å²) in [4.78, 5) is 4.89. The van der Waals surface area contributed by atoms with Crippen LogP contribution in [0.15, 0.2) is 144 Å². The van der Waals surface area contributed by atoms with E-state index in [0.29, 0.717) is 0 Å². The van der Waals surface area contributed by atoms with Crippen LogP contribution in [0.2, 0.25) is 0 Å². The zero-order valence-electron chi connectivity index (χ0n) is 28.5. The second-order valence-corrected chi connectivity index (χ2v) is 10.8. The minimum Gasteiger partial charge on any atom is -0.367 e. The largest absolute Gasteiger partial charge is 0.367 e. The quantitative estimate of drug-likeness (QED) is 0.126. The summed E-state index contributed by atoms with van der Waals surface area (Å²) in [7, 11) is 0. The highest BCUT2D eigenvalue weighted by Crippen LogP contribution is 2.32. The maximum absolute atomic E-state index is 2.45. The number of hydrogen-bond acceptors (Lipinski definition) is 2. The number of rotatable bonds is 18. The first-order valence-electron chi connectivity index (χ1n) is 16.5. The van der Waals surface area contributed by atoms with Gasteiger partial charge in [-0.25, -0.2) is 0 Å². The Morgan fingerprint density at radius 3 is 2.07 bits per heavy atom. The van der Waals surface area contributed by atoms with Crippen LogP contribution in [0.1, 0.15) is 86.1 Å². The molecule has 0 spiro atoms. The first-order valence-corrected chi connectivity index (χ1v) is 16.5. The van der Waals surface area contributed by atoms with Crippen LogP contribution < -0.4 is 9.80 Å². The summed E-state index contributed by atoms with van der Waals surface area (Å²) in [6.45, 7) is 17.0. The van der Waals surface area contributed by atoms with Gasteiger partial charge in [-0.3, -0.25) is 0 Å². The molecule has 0 amide bonds. The predicted molar refractivity (Wildman–Crippen MR) is 199 cm³/mol. The van der Waals surface area contributed by atoms with Crippen LogP contribution >= 0.6 is 0 Å². The van der Waals surface area contributed by atoms with Crippen LogP contribution in [0.25, 0.3) is 5.57 Å². The van der Waals surface area contributed by atoms with Crippen LogP contribution in [0.5, 0.6) is 0 Å². The molecule has 0 N–H and O–H groups in total. The number of nitrogens with zero attached hydrogens (tertiary/aromatic N) is 2. The molecule has 0 aliphatic carbocycles. The SMILES string of the molecule is C/C=C\C/C=C\C=C/CCN(C/C=C\C(=C/C)c1ccc(N(C(/C=C\C)=C/C)/C(CCC)=C(\C)CC)cc1)c1ccccc1. The molecule has 0 unspecified atom stereocenters. The molecule has 0 fully saturated rings. The number of benzene rings is 2. The first-order chi connectivity index (χ1) is 21.5. The molecule has 0 aliphatic heterocycles. The van der Waals surface area contributed by atoms with Crippen LogP contribution in [0.3, 0.4) is 0 Å². The van der Waals surface area contributed by atoms with Gasteiger partial charge in [0, 0.05) is 35.9 Å². The Hall–Kier alpha value is -4.04. The lowest BCUT2D eigenvalue weighted by atomic mass is 10.0. The van der Waals surface area contributed by atoms with Crippen molar-refractivity contribution >= 4 is 16.9 Å². The molecule has 0 radical (unpaired) electrons. The van der Waals surface area contributed by atoms with E-state index in [-0.39, 0.29) is 0 Å². The van der Waals surface area contributed by atoms with E-state index in [0.717, 1.165) is 45.2 Å². The number of allylic oxidation sites excluding steroid dienone is 13. The van der Waals surface area contributed by atoms with Gasteiger partial charge in [0.25, 0.3) is 0 Å². The van der Waals surface area contributed by atoms with Crippen LogP contribution in [0, 0.1) is 0 Å². The summed E-state index contributed by atoms with van der Waals surface area (Å²) in [6.07, 6.45) is 31.5. The minimum atomic E-state index is 0.855. The van der Waals surface area contributed by atoms with E-state index in [1.807, 2.05) is 0 Å². The fraction of sp³-hybridized carbons (Fsp3) is 0.333. The van der Waals surface area contributed by atoms with Gasteiger partial charge in [-0.05, 0) is 102 Å². The van der Waals surface area contributed by atoms with Gasteiger partial charge >= 0.3 is 0 Å². The molecule has 2 heteroatoms. The summed E-state index contributed by atoms with van der Waals surface area (Å²) in [5.41, 5.74) is 8.97. The first kappa shape index (κ1) is 36.2. The van der Waals surface area contributed by atoms with Crippen molar-refractivity contribution < 1.29 is 0 Å². The summed E-state index contributed by atoms with van der Waals surface area (Å²) < 4.78 is 0. The topological polar surface area (TPSA) is 6.48 Å². The van der Waals surface area contributed by atoms with E-state index >= 15 is 0 Å². The molecule has 2 rings (SSSR count). The van der Waals surface area contributed by atoms with Crippen LogP contribution in [0.4, 0.5) is 11.4 Å². The standard InChI is InChI=1S/C42H56N2/c1-8-14-15-16-17-18-19-23-34-43(40-28-21-20-22-29-40)35-24-27-37(12-5)38-30-32-41(33-31-38)44(39(13-6)25-9-2)42(26-10-3)36(7)11-4/h8-9,12-14,16-22,24-25,27-33H,10-11,15,23,26,34-35H2,1-7H3/b14-8-,17-16-,19-18-,25-9-,27-24-,37-12+,39-13+,42-36+. The highest BCUT2D eigenvalue weighted by molar-refractivity contribution is 5.75. The van der Waals surface area contributed by atoms with Gasteiger partial charge in [-0.2, -0.15) is 0 Å². The van der Waals surface area contributed by atoms with E-state index in [2.05, 4.69) is 186 Å². The maximum Gasteiger partial charge on any atom is 0.0458 e. The molecule has 2 aromatic carbocycles. The highest BCUT2D eigenvalue weighted by Gasteiger charge is 2.17. The van der Waals surface area contributed by atoms with Gasteiger partial charge in [0.2, 0.25) is 0 Å². The maximum atomic E-state index is 2.45. The van der Waals surface area contributed by atoms with Crippen molar-refractivity contribution in [2.24, 2.45) is 0 Å². The lowest BCUT2D eigenvalue weighted by Crippen LogP contribution is -2.24. The lowest BCUT2D eigenvalue weighted by molar-refractivity contribution is 0.832. The Balaban J connectivity index is 2.25. The smallest absolute Gasteiger partial charge is 0.0458 e. The third-order valence-corrected chi connectivity index (χ3v) is 7.64. The van der Waals surface area contributed by atoms with Gasteiger partial charge in [-0.15, -0.1) is 0 Å². The summed E-state index contributed by atoms with van der Waals surface area (Å²) >= 11 is 0. The van der Waals surface area contributed by atoms with Crippen molar-refractivity contribution in [1.29, 1.82) is 0 Å².